The monoisotopic (exact) mass is 317 g/mol. The van der Waals surface area contributed by atoms with Crippen LogP contribution in [0.5, 0.6) is 11.5 Å². The Bertz CT molecular complexity index is 710. The Hall–Kier alpha value is -2.12. The number of hydrogen-bond acceptors (Lipinski definition) is 6. The summed E-state index contributed by atoms with van der Waals surface area (Å²) in [6.45, 7) is 3.39. The highest BCUT2D eigenvalue weighted by Gasteiger charge is 2.21. The summed E-state index contributed by atoms with van der Waals surface area (Å²) in [5.74, 6) is 1.48. The predicted molar refractivity (Wildman–Crippen MR) is 82.4 cm³/mol. The second kappa shape index (κ2) is 5.58. The van der Waals surface area contributed by atoms with E-state index in [9.17, 15) is 4.79 Å². The standard InChI is InChI=1S/C15H15N3O3S/c19-15(18-5-3-16-4-6-18)11-8-22-14(17-11)10-1-2-12-13(7-10)21-9-20-12/h1-2,7-8,16H,3-6,9H2. The van der Waals surface area contributed by atoms with E-state index in [1.165, 1.54) is 11.3 Å². The van der Waals surface area contributed by atoms with E-state index in [0.29, 0.717) is 5.69 Å². The fourth-order valence-electron chi connectivity index (χ4n) is 2.56. The number of ether oxygens (including phenoxy) is 2. The van der Waals surface area contributed by atoms with Crippen molar-refractivity contribution in [1.82, 2.24) is 15.2 Å². The van der Waals surface area contributed by atoms with Crippen molar-refractivity contribution in [1.29, 1.82) is 0 Å². The number of piperazine rings is 1. The van der Waals surface area contributed by atoms with Crippen LogP contribution in [0.3, 0.4) is 0 Å². The zero-order chi connectivity index (χ0) is 14.9. The van der Waals surface area contributed by atoms with Gasteiger partial charge in [0.1, 0.15) is 10.7 Å². The van der Waals surface area contributed by atoms with Gasteiger partial charge in [0, 0.05) is 37.1 Å². The SMILES string of the molecule is O=C(c1csc(-c2ccc3c(c2)OCO3)n1)N1CCNCC1. The van der Waals surface area contributed by atoms with Crippen LogP contribution in [0.2, 0.25) is 0 Å². The van der Waals surface area contributed by atoms with Gasteiger partial charge in [0.05, 0.1) is 0 Å². The minimum absolute atomic E-state index is 0.00439. The Labute approximate surface area is 131 Å². The highest BCUT2D eigenvalue weighted by molar-refractivity contribution is 7.13. The minimum Gasteiger partial charge on any atom is -0.454 e. The molecule has 4 rings (SSSR count). The molecule has 114 valence electrons. The second-order valence-electron chi connectivity index (χ2n) is 5.15. The number of amides is 1. The van der Waals surface area contributed by atoms with Crippen molar-refractivity contribution in [2.24, 2.45) is 0 Å². The Morgan fingerprint density at radius 2 is 2.05 bits per heavy atom. The zero-order valence-corrected chi connectivity index (χ0v) is 12.7. The molecule has 2 aliphatic heterocycles. The average molecular weight is 317 g/mol. The number of fused-ring (bicyclic) bond motifs is 1. The topological polar surface area (TPSA) is 63.7 Å². The Morgan fingerprint density at radius 1 is 1.23 bits per heavy atom. The molecule has 0 radical (unpaired) electrons. The number of aromatic nitrogens is 1. The first-order valence-electron chi connectivity index (χ1n) is 7.17. The first-order chi connectivity index (χ1) is 10.8. The molecular formula is C15H15N3O3S. The van der Waals surface area contributed by atoms with Crippen molar-refractivity contribution in [2.45, 2.75) is 0 Å². The lowest BCUT2D eigenvalue weighted by Gasteiger charge is -2.26. The summed E-state index contributed by atoms with van der Waals surface area (Å²) in [5.41, 5.74) is 1.45. The van der Waals surface area contributed by atoms with Gasteiger partial charge in [0.2, 0.25) is 6.79 Å². The Balaban J connectivity index is 1.57. The zero-order valence-electron chi connectivity index (χ0n) is 11.9. The van der Waals surface area contributed by atoms with E-state index >= 15 is 0 Å². The summed E-state index contributed by atoms with van der Waals surface area (Å²) < 4.78 is 10.7. The summed E-state index contributed by atoms with van der Waals surface area (Å²) in [4.78, 5) is 18.8. The number of benzene rings is 1. The lowest BCUT2D eigenvalue weighted by atomic mass is 10.2. The normalized spacial score (nSPS) is 16.8. The molecule has 1 saturated heterocycles. The van der Waals surface area contributed by atoms with E-state index in [0.717, 1.165) is 48.2 Å². The number of carbonyl (C=O) groups is 1. The number of nitrogens with zero attached hydrogens (tertiary/aromatic N) is 2. The lowest BCUT2D eigenvalue weighted by molar-refractivity contribution is 0.0731. The van der Waals surface area contributed by atoms with E-state index in [4.69, 9.17) is 9.47 Å². The third kappa shape index (κ3) is 2.42. The molecule has 22 heavy (non-hydrogen) atoms. The molecule has 0 saturated carbocycles. The molecule has 1 fully saturated rings. The summed E-state index contributed by atoms with van der Waals surface area (Å²) >= 11 is 1.47. The van der Waals surface area contributed by atoms with E-state index in [2.05, 4.69) is 10.3 Å². The molecule has 1 N–H and O–H groups in total. The molecule has 0 spiro atoms. The number of nitrogens with one attached hydrogen (secondary N) is 1. The highest BCUT2D eigenvalue weighted by Crippen LogP contribution is 2.36. The van der Waals surface area contributed by atoms with Crippen molar-refractivity contribution in [3.8, 4) is 22.1 Å². The molecule has 2 aliphatic rings. The van der Waals surface area contributed by atoms with Gasteiger partial charge in [0.25, 0.3) is 5.91 Å². The summed E-state index contributed by atoms with van der Waals surface area (Å²) in [5, 5.41) is 5.88. The maximum absolute atomic E-state index is 12.4. The van der Waals surface area contributed by atoms with E-state index in [1.807, 2.05) is 28.5 Å². The van der Waals surface area contributed by atoms with Crippen molar-refractivity contribution >= 4 is 17.2 Å². The average Bonchev–Trinajstić information content (AvgIpc) is 3.23. The van der Waals surface area contributed by atoms with Gasteiger partial charge in [-0.2, -0.15) is 0 Å². The fourth-order valence-corrected chi connectivity index (χ4v) is 3.35. The molecule has 7 heteroatoms. The summed E-state index contributed by atoms with van der Waals surface area (Å²) in [6, 6.07) is 5.71. The Morgan fingerprint density at radius 3 is 2.91 bits per heavy atom. The number of thiazole rings is 1. The molecule has 6 nitrogen and oxygen atoms in total. The van der Waals surface area contributed by atoms with Crippen LogP contribution in [-0.2, 0) is 0 Å². The van der Waals surface area contributed by atoms with Gasteiger partial charge in [-0.15, -0.1) is 11.3 Å². The van der Waals surface area contributed by atoms with Gasteiger partial charge in [0.15, 0.2) is 11.5 Å². The van der Waals surface area contributed by atoms with Gasteiger partial charge in [-0.1, -0.05) is 0 Å². The number of hydrogen-bond donors (Lipinski definition) is 1. The molecule has 0 atom stereocenters. The van der Waals surface area contributed by atoms with Gasteiger partial charge >= 0.3 is 0 Å². The van der Waals surface area contributed by atoms with E-state index in [1.54, 1.807) is 0 Å². The lowest BCUT2D eigenvalue weighted by Crippen LogP contribution is -2.46. The number of rotatable bonds is 2. The summed E-state index contributed by atoms with van der Waals surface area (Å²) in [7, 11) is 0. The number of carbonyl (C=O) groups excluding carboxylic acids is 1. The fraction of sp³-hybridized carbons (Fsp3) is 0.333. The Kier molecular flexibility index (Phi) is 3.44. The molecule has 0 aliphatic carbocycles. The van der Waals surface area contributed by atoms with Crippen molar-refractivity contribution < 1.29 is 14.3 Å². The molecular weight excluding hydrogens is 302 g/mol. The second-order valence-corrected chi connectivity index (χ2v) is 6.01. The van der Waals surface area contributed by atoms with Gasteiger partial charge < -0.3 is 19.7 Å². The quantitative estimate of drug-likeness (QED) is 0.911. The molecule has 1 aromatic carbocycles. The first-order valence-corrected chi connectivity index (χ1v) is 8.05. The molecule has 1 aromatic heterocycles. The molecule has 0 bridgehead atoms. The predicted octanol–water partition coefficient (Wildman–Crippen LogP) is 1.58. The largest absolute Gasteiger partial charge is 0.454 e. The van der Waals surface area contributed by atoms with Gasteiger partial charge in [-0.25, -0.2) is 4.98 Å². The molecule has 0 unspecified atom stereocenters. The van der Waals surface area contributed by atoms with Crippen LogP contribution in [0.4, 0.5) is 0 Å². The van der Waals surface area contributed by atoms with Crippen LogP contribution in [-0.4, -0.2) is 48.8 Å². The van der Waals surface area contributed by atoms with Crippen LogP contribution in [0, 0.1) is 0 Å². The van der Waals surface area contributed by atoms with Crippen LogP contribution in [0.25, 0.3) is 10.6 Å². The first kappa shape index (κ1) is 13.5. The minimum atomic E-state index is 0.00439. The van der Waals surface area contributed by atoms with Crippen LogP contribution < -0.4 is 14.8 Å². The van der Waals surface area contributed by atoms with Crippen LogP contribution in [0.1, 0.15) is 10.5 Å². The molecule has 2 aromatic rings. The smallest absolute Gasteiger partial charge is 0.273 e. The van der Waals surface area contributed by atoms with Gasteiger partial charge in [-0.05, 0) is 18.2 Å². The van der Waals surface area contributed by atoms with Crippen molar-refractivity contribution in [3.05, 3.63) is 29.3 Å². The third-order valence-corrected chi connectivity index (χ3v) is 4.64. The maximum Gasteiger partial charge on any atom is 0.273 e. The molecule has 1 amide bonds. The van der Waals surface area contributed by atoms with Gasteiger partial charge in [-0.3, -0.25) is 4.79 Å². The van der Waals surface area contributed by atoms with Crippen LogP contribution in [0.15, 0.2) is 23.6 Å². The van der Waals surface area contributed by atoms with E-state index < -0.39 is 0 Å². The van der Waals surface area contributed by atoms with E-state index in [-0.39, 0.29) is 12.7 Å². The highest BCUT2D eigenvalue weighted by atomic mass is 32.1. The van der Waals surface area contributed by atoms with Crippen molar-refractivity contribution in [3.63, 3.8) is 0 Å². The third-order valence-electron chi connectivity index (χ3n) is 3.75. The maximum atomic E-state index is 12.4. The summed E-state index contributed by atoms with van der Waals surface area (Å²) in [6.07, 6.45) is 0. The van der Waals surface area contributed by atoms with Crippen molar-refractivity contribution in [2.75, 3.05) is 33.0 Å². The van der Waals surface area contributed by atoms with Crippen LogP contribution >= 0.6 is 11.3 Å². The molecule has 3 heterocycles.